The van der Waals surface area contributed by atoms with Gasteiger partial charge in [-0.3, -0.25) is 4.79 Å². The molecule has 4 heteroatoms. The molecule has 0 atom stereocenters. The van der Waals surface area contributed by atoms with Crippen molar-refractivity contribution >= 4 is 5.78 Å². The van der Waals surface area contributed by atoms with Gasteiger partial charge in [0.2, 0.25) is 0 Å². The molecule has 0 spiro atoms. The molecule has 0 saturated heterocycles. The third-order valence-electron chi connectivity index (χ3n) is 3.81. The first-order valence-corrected chi connectivity index (χ1v) is 6.79. The van der Waals surface area contributed by atoms with Crippen LogP contribution in [0.2, 0.25) is 0 Å². The first kappa shape index (κ1) is 13.9. The second-order valence-electron chi connectivity index (χ2n) is 5.24. The number of carbonyl (C=O) groups is 1. The van der Waals surface area contributed by atoms with E-state index in [1.807, 2.05) is 12.1 Å². The number of ketones is 1. The summed E-state index contributed by atoms with van der Waals surface area (Å²) in [4.78, 5) is 12.4. The van der Waals surface area contributed by atoms with E-state index in [2.05, 4.69) is 0 Å². The Labute approximate surface area is 120 Å². The SMILES string of the molecule is O=C(c1cccc(C(F)(F)F)c1)c1ccc2c(c1)CCC2. The normalized spacial score (nSPS) is 14.0. The van der Waals surface area contributed by atoms with Gasteiger partial charge in [0, 0.05) is 11.1 Å². The van der Waals surface area contributed by atoms with Crippen LogP contribution in [-0.2, 0) is 19.0 Å². The third-order valence-corrected chi connectivity index (χ3v) is 3.81. The van der Waals surface area contributed by atoms with Crippen molar-refractivity contribution in [2.45, 2.75) is 25.4 Å². The Bertz CT molecular complexity index is 701. The monoisotopic (exact) mass is 290 g/mol. The number of hydrogen-bond donors (Lipinski definition) is 0. The van der Waals surface area contributed by atoms with Crippen LogP contribution in [0.1, 0.15) is 39.0 Å². The molecular formula is C17H13F3O. The second-order valence-corrected chi connectivity index (χ2v) is 5.24. The molecule has 2 aromatic carbocycles. The number of halogens is 3. The highest BCUT2D eigenvalue weighted by atomic mass is 19.4. The molecule has 0 amide bonds. The molecule has 3 rings (SSSR count). The Morgan fingerprint density at radius 3 is 2.38 bits per heavy atom. The fourth-order valence-corrected chi connectivity index (χ4v) is 2.72. The van der Waals surface area contributed by atoms with Crippen molar-refractivity contribution < 1.29 is 18.0 Å². The van der Waals surface area contributed by atoms with Crippen LogP contribution in [0.15, 0.2) is 42.5 Å². The molecule has 0 bridgehead atoms. The third kappa shape index (κ3) is 2.71. The van der Waals surface area contributed by atoms with Crippen LogP contribution < -0.4 is 0 Å². The Morgan fingerprint density at radius 1 is 0.905 bits per heavy atom. The van der Waals surface area contributed by atoms with E-state index in [4.69, 9.17) is 0 Å². The molecule has 0 radical (unpaired) electrons. The van der Waals surface area contributed by atoms with Gasteiger partial charge in [0.25, 0.3) is 0 Å². The van der Waals surface area contributed by atoms with Crippen LogP contribution in [0.5, 0.6) is 0 Å². The van der Waals surface area contributed by atoms with E-state index in [1.54, 1.807) is 6.07 Å². The molecule has 0 saturated carbocycles. The van der Waals surface area contributed by atoms with E-state index >= 15 is 0 Å². The lowest BCUT2D eigenvalue weighted by atomic mass is 9.98. The van der Waals surface area contributed by atoms with Crippen LogP contribution in [0, 0.1) is 0 Å². The molecule has 0 unspecified atom stereocenters. The van der Waals surface area contributed by atoms with Crippen molar-refractivity contribution in [3.63, 3.8) is 0 Å². The summed E-state index contributed by atoms with van der Waals surface area (Å²) in [6, 6.07) is 9.99. The van der Waals surface area contributed by atoms with Crippen LogP contribution in [-0.4, -0.2) is 5.78 Å². The summed E-state index contributed by atoms with van der Waals surface area (Å²) < 4.78 is 38.1. The predicted octanol–water partition coefficient (Wildman–Crippen LogP) is 4.43. The van der Waals surface area contributed by atoms with Crippen molar-refractivity contribution in [3.8, 4) is 0 Å². The Balaban J connectivity index is 1.95. The maximum atomic E-state index is 12.7. The smallest absolute Gasteiger partial charge is 0.289 e. The van der Waals surface area contributed by atoms with E-state index in [-0.39, 0.29) is 11.3 Å². The largest absolute Gasteiger partial charge is 0.416 e. The van der Waals surface area contributed by atoms with Gasteiger partial charge in [-0.2, -0.15) is 13.2 Å². The summed E-state index contributed by atoms with van der Waals surface area (Å²) in [7, 11) is 0. The summed E-state index contributed by atoms with van der Waals surface area (Å²) in [6.07, 6.45) is -1.43. The van der Waals surface area contributed by atoms with Gasteiger partial charge in [-0.15, -0.1) is 0 Å². The zero-order valence-electron chi connectivity index (χ0n) is 11.2. The van der Waals surface area contributed by atoms with Gasteiger partial charge in [-0.05, 0) is 48.6 Å². The number of aryl methyl sites for hydroxylation is 2. The molecule has 108 valence electrons. The minimum Gasteiger partial charge on any atom is -0.289 e. The Hall–Kier alpha value is -2.10. The molecule has 0 aromatic heterocycles. The van der Waals surface area contributed by atoms with Crippen molar-refractivity contribution in [1.82, 2.24) is 0 Å². The number of carbonyl (C=O) groups excluding carboxylic acids is 1. The summed E-state index contributed by atoms with van der Waals surface area (Å²) in [5.74, 6) is -0.365. The van der Waals surface area contributed by atoms with Crippen molar-refractivity contribution in [3.05, 3.63) is 70.3 Å². The van der Waals surface area contributed by atoms with E-state index in [9.17, 15) is 18.0 Å². The number of fused-ring (bicyclic) bond motifs is 1. The molecule has 0 N–H and O–H groups in total. The van der Waals surface area contributed by atoms with Crippen LogP contribution >= 0.6 is 0 Å². The van der Waals surface area contributed by atoms with Gasteiger partial charge >= 0.3 is 6.18 Å². The van der Waals surface area contributed by atoms with Gasteiger partial charge in [-0.1, -0.05) is 24.3 Å². The first-order chi connectivity index (χ1) is 9.95. The minimum atomic E-state index is -4.44. The van der Waals surface area contributed by atoms with Gasteiger partial charge in [0.15, 0.2) is 5.78 Å². The molecule has 1 aliphatic rings. The number of hydrogen-bond acceptors (Lipinski definition) is 1. The van der Waals surface area contributed by atoms with Crippen molar-refractivity contribution in [2.24, 2.45) is 0 Å². The lowest BCUT2D eigenvalue weighted by Gasteiger charge is -2.09. The average molecular weight is 290 g/mol. The van der Waals surface area contributed by atoms with Gasteiger partial charge in [0.05, 0.1) is 5.56 Å². The average Bonchev–Trinajstić information content (AvgIpc) is 2.93. The Kier molecular flexibility index (Phi) is 3.32. The molecule has 0 heterocycles. The summed E-state index contributed by atoms with van der Waals surface area (Å²) >= 11 is 0. The molecule has 0 fully saturated rings. The standard InChI is InChI=1S/C17H13F3O/c18-17(19,20)15-6-2-5-13(10-15)16(21)14-8-7-11-3-1-4-12(11)9-14/h2,5-10H,1,3-4H2. The molecule has 1 nitrogen and oxygen atoms in total. The van der Waals surface area contributed by atoms with E-state index in [0.29, 0.717) is 5.56 Å². The lowest BCUT2D eigenvalue weighted by Crippen LogP contribution is -2.08. The number of benzene rings is 2. The van der Waals surface area contributed by atoms with E-state index in [0.717, 1.165) is 37.0 Å². The van der Waals surface area contributed by atoms with Crippen molar-refractivity contribution in [1.29, 1.82) is 0 Å². The van der Waals surface area contributed by atoms with Gasteiger partial charge in [-0.25, -0.2) is 0 Å². The minimum absolute atomic E-state index is 0.0720. The summed E-state index contributed by atoms with van der Waals surface area (Å²) in [5.41, 5.74) is 2.09. The molecule has 2 aromatic rings. The fourth-order valence-electron chi connectivity index (χ4n) is 2.72. The molecule has 1 aliphatic carbocycles. The highest BCUT2D eigenvalue weighted by molar-refractivity contribution is 6.09. The van der Waals surface area contributed by atoms with Gasteiger partial charge < -0.3 is 0 Å². The quantitative estimate of drug-likeness (QED) is 0.748. The van der Waals surface area contributed by atoms with Gasteiger partial charge in [0.1, 0.15) is 0 Å². The maximum absolute atomic E-state index is 12.7. The molecular weight excluding hydrogens is 277 g/mol. The zero-order chi connectivity index (χ0) is 15.0. The lowest BCUT2D eigenvalue weighted by molar-refractivity contribution is -0.137. The van der Waals surface area contributed by atoms with E-state index in [1.165, 1.54) is 17.7 Å². The Morgan fingerprint density at radius 2 is 1.62 bits per heavy atom. The number of rotatable bonds is 2. The molecule has 21 heavy (non-hydrogen) atoms. The van der Waals surface area contributed by atoms with Crippen LogP contribution in [0.4, 0.5) is 13.2 Å². The summed E-state index contributed by atoms with van der Waals surface area (Å²) in [5, 5.41) is 0. The van der Waals surface area contributed by atoms with Crippen LogP contribution in [0.3, 0.4) is 0 Å². The number of alkyl halides is 3. The maximum Gasteiger partial charge on any atom is 0.416 e. The zero-order valence-corrected chi connectivity index (χ0v) is 11.2. The highest BCUT2D eigenvalue weighted by Crippen LogP contribution is 2.30. The highest BCUT2D eigenvalue weighted by Gasteiger charge is 2.31. The van der Waals surface area contributed by atoms with Crippen molar-refractivity contribution in [2.75, 3.05) is 0 Å². The van der Waals surface area contributed by atoms with Crippen LogP contribution in [0.25, 0.3) is 0 Å². The summed E-state index contributed by atoms with van der Waals surface area (Å²) in [6.45, 7) is 0. The predicted molar refractivity (Wildman–Crippen MR) is 73.3 cm³/mol. The topological polar surface area (TPSA) is 17.1 Å². The first-order valence-electron chi connectivity index (χ1n) is 6.79. The van der Waals surface area contributed by atoms with E-state index < -0.39 is 11.7 Å². The second kappa shape index (κ2) is 5.02. The fraction of sp³-hybridized carbons (Fsp3) is 0.235. The molecule has 0 aliphatic heterocycles.